The number of rotatable bonds is 4. The van der Waals surface area contributed by atoms with Crippen LogP contribution in [0.3, 0.4) is 0 Å². The number of halogens is 2. The highest BCUT2D eigenvalue weighted by atomic mass is 35.5. The molecule has 2 spiro atoms. The van der Waals surface area contributed by atoms with Crippen molar-refractivity contribution in [3.8, 4) is 0 Å². The molecule has 4 heterocycles. The summed E-state index contributed by atoms with van der Waals surface area (Å²) in [6.45, 7) is 3.91. The van der Waals surface area contributed by atoms with Crippen molar-refractivity contribution < 1.29 is 18.8 Å². The average molecular weight is 543 g/mol. The topological polar surface area (TPSA) is 102 Å². The van der Waals surface area contributed by atoms with Crippen LogP contribution in [0.25, 0.3) is 0 Å². The molecule has 11 heteroatoms. The molecule has 2 aromatic rings. The SMILES string of the molecule is CN1CC2(CCN(C(=O)c3[nH]cnc3C(=O)NC3CCC4(CC3)CCN(c3ccc(F)cc3Cl)C4=O)C2)C1. The minimum absolute atomic E-state index is 0.0111. The van der Waals surface area contributed by atoms with Crippen LogP contribution in [0.15, 0.2) is 24.5 Å². The van der Waals surface area contributed by atoms with E-state index in [1.807, 2.05) is 4.90 Å². The molecule has 1 aromatic heterocycles. The summed E-state index contributed by atoms with van der Waals surface area (Å²) in [6, 6.07) is 3.98. The fourth-order valence-electron chi connectivity index (χ4n) is 7.04. The molecule has 3 saturated heterocycles. The van der Waals surface area contributed by atoms with Gasteiger partial charge in [0.25, 0.3) is 11.8 Å². The van der Waals surface area contributed by atoms with Crippen molar-refractivity contribution in [1.82, 2.24) is 25.1 Å². The maximum Gasteiger partial charge on any atom is 0.272 e. The van der Waals surface area contributed by atoms with Crippen LogP contribution in [0.1, 0.15) is 59.5 Å². The van der Waals surface area contributed by atoms with E-state index < -0.39 is 11.2 Å². The first-order valence-electron chi connectivity index (χ1n) is 13.3. The molecule has 1 aromatic carbocycles. The number of nitrogens with zero attached hydrogens (tertiary/aromatic N) is 4. The van der Waals surface area contributed by atoms with Gasteiger partial charge in [-0.2, -0.15) is 0 Å². The second kappa shape index (κ2) is 9.34. The van der Waals surface area contributed by atoms with Gasteiger partial charge in [-0.1, -0.05) is 11.6 Å². The van der Waals surface area contributed by atoms with Gasteiger partial charge in [0.1, 0.15) is 11.5 Å². The number of benzene rings is 1. The van der Waals surface area contributed by atoms with Crippen LogP contribution in [0.5, 0.6) is 0 Å². The second-order valence-corrected chi connectivity index (χ2v) is 12.0. The van der Waals surface area contributed by atoms with E-state index in [2.05, 4.69) is 27.2 Å². The fraction of sp³-hybridized carbons (Fsp3) is 0.556. The number of carbonyl (C=O) groups excluding carboxylic acids is 3. The van der Waals surface area contributed by atoms with Gasteiger partial charge in [0.2, 0.25) is 5.91 Å². The first kappa shape index (κ1) is 25.3. The maximum absolute atomic E-state index is 13.5. The van der Waals surface area contributed by atoms with E-state index in [4.69, 9.17) is 11.6 Å². The molecule has 4 fully saturated rings. The average Bonchev–Trinajstić information content (AvgIpc) is 3.60. The highest BCUT2D eigenvalue weighted by molar-refractivity contribution is 6.34. The molecular formula is C27H32ClFN6O3. The first-order chi connectivity index (χ1) is 18.2. The lowest BCUT2D eigenvalue weighted by atomic mass is 9.71. The number of amides is 3. The molecule has 1 saturated carbocycles. The number of carbonyl (C=O) groups is 3. The van der Waals surface area contributed by atoms with Crippen molar-refractivity contribution in [2.45, 2.75) is 44.6 Å². The quantitative estimate of drug-likeness (QED) is 0.618. The van der Waals surface area contributed by atoms with Crippen molar-refractivity contribution in [1.29, 1.82) is 0 Å². The fourth-order valence-corrected chi connectivity index (χ4v) is 7.31. The van der Waals surface area contributed by atoms with Gasteiger partial charge in [-0.15, -0.1) is 0 Å². The molecule has 4 aliphatic rings. The summed E-state index contributed by atoms with van der Waals surface area (Å²) >= 11 is 6.22. The standard InChI is InChI=1S/C27H32ClFN6O3/c1-33-13-26(14-33)8-10-34(15-26)24(37)22-21(30-16-31-22)23(36)32-18-4-6-27(7-5-18)9-11-35(25(27)38)20-3-2-17(29)12-19(20)28/h2-3,12,16,18H,4-11,13-15H2,1H3,(H,30,31)(H,32,36). The zero-order valence-corrected chi connectivity index (χ0v) is 22.2. The zero-order valence-electron chi connectivity index (χ0n) is 21.4. The number of hydrogen-bond donors (Lipinski definition) is 2. The molecule has 6 rings (SSSR count). The third kappa shape index (κ3) is 4.27. The smallest absolute Gasteiger partial charge is 0.272 e. The molecule has 38 heavy (non-hydrogen) atoms. The minimum Gasteiger partial charge on any atom is -0.348 e. The summed E-state index contributed by atoms with van der Waals surface area (Å²) in [6.07, 6.45) is 5.66. The number of imidazole rings is 1. The molecule has 2 N–H and O–H groups in total. The molecular weight excluding hydrogens is 511 g/mol. The normalized spacial score (nSPS) is 26.8. The van der Waals surface area contributed by atoms with Crippen LogP contribution in [0.4, 0.5) is 10.1 Å². The predicted molar refractivity (Wildman–Crippen MR) is 140 cm³/mol. The van der Waals surface area contributed by atoms with Gasteiger partial charge in [-0.05, 0) is 63.8 Å². The van der Waals surface area contributed by atoms with Crippen LogP contribution in [-0.2, 0) is 4.79 Å². The van der Waals surface area contributed by atoms with Crippen LogP contribution in [-0.4, -0.2) is 83.3 Å². The number of aromatic nitrogens is 2. The third-order valence-electron chi connectivity index (χ3n) is 9.00. The van der Waals surface area contributed by atoms with Crippen molar-refractivity contribution in [2.75, 3.05) is 44.7 Å². The highest BCUT2D eigenvalue weighted by Crippen LogP contribution is 2.47. The highest BCUT2D eigenvalue weighted by Gasteiger charge is 2.50. The second-order valence-electron chi connectivity index (χ2n) is 11.6. The van der Waals surface area contributed by atoms with Gasteiger partial charge in [0, 0.05) is 44.2 Å². The van der Waals surface area contributed by atoms with E-state index in [-0.39, 0.29) is 45.6 Å². The molecule has 9 nitrogen and oxygen atoms in total. The molecule has 0 bridgehead atoms. The predicted octanol–water partition coefficient (Wildman–Crippen LogP) is 3.08. The molecule has 0 radical (unpaired) electrons. The Bertz CT molecular complexity index is 1280. The summed E-state index contributed by atoms with van der Waals surface area (Å²) in [5.74, 6) is -0.978. The van der Waals surface area contributed by atoms with Crippen LogP contribution in [0.2, 0.25) is 5.02 Å². The molecule has 0 unspecified atom stereocenters. The molecule has 3 aliphatic heterocycles. The summed E-state index contributed by atoms with van der Waals surface area (Å²) < 4.78 is 13.5. The van der Waals surface area contributed by atoms with Crippen molar-refractivity contribution in [3.05, 3.63) is 46.8 Å². The molecule has 3 amide bonds. The lowest BCUT2D eigenvalue weighted by Crippen LogP contribution is -2.55. The third-order valence-corrected chi connectivity index (χ3v) is 9.30. The van der Waals surface area contributed by atoms with Crippen LogP contribution in [0, 0.1) is 16.6 Å². The zero-order chi connectivity index (χ0) is 26.7. The van der Waals surface area contributed by atoms with Gasteiger partial charge in [0.05, 0.1) is 22.5 Å². The molecule has 0 atom stereocenters. The van der Waals surface area contributed by atoms with E-state index >= 15 is 0 Å². The minimum atomic E-state index is -0.492. The Balaban J connectivity index is 1.06. The molecule has 202 valence electrons. The van der Waals surface area contributed by atoms with E-state index in [0.717, 1.165) is 19.5 Å². The Morgan fingerprint density at radius 1 is 1.13 bits per heavy atom. The summed E-state index contributed by atoms with van der Waals surface area (Å²) in [4.78, 5) is 52.6. The summed E-state index contributed by atoms with van der Waals surface area (Å²) in [7, 11) is 2.08. The van der Waals surface area contributed by atoms with Gasteiger partial charge >= 0.3 is 0 Å². The largest absolute Gasteiger partial charge is 0.348 e. The number of H-pyrrole nitrogens is 1. The summed E-state index contributed by atoms with van der Waals surface area (Å²) in [5, 5.41) is 3.27. The van der Waals surface area contributed by atoms with Crippen LogP contribution < -0.4 is 10.2 Å². The van der Waals surface area contributed by atoms with Gasteiger partial charge in [-0.3, -0.25) is 14.4 Å². The lowest BCUT2D eigenvalue weighted by Gasteiger charge is -2.46. The first-order valence-corrected chi connectivity index (χ1v) is 13.7. The maximum atomic E-state index is 13.5. The molecule has 1 aliphatic carbocycles. The Labute approximate surface area is 225 Å². The van der Waals surface area contributed by atoms with E-state index in [0.29, 0.717) is 57.4 Å². The van der Waals surface area contributed by atoms with Crippen LogP contribution >= 0.6 is 11.6 Å². The number of hydrogen-bond acceptors (Lipinski definition) is 5. The van der Waals surface area contributed by atoms with Crippen molar-refractivity contribution >= 4 is 35.0 Å². The Hall–Kier alpha value is -2.98. The van der Waals surface area contributed by atoms with E-state index in [1.54, 1.807) is 11.0 Å². The lowest BCUT2D eigenvalue weighted by molar-refractivity contribution is -0.127. The van der Waals surface area contributed by atoms with E-state index in [9.17, 15) is 18.8 Å². The Morgan fingerprint density at radius 2 is 1.89 bits per heavy atom. The Kier molecular flexibility index (Phi) is 6.22. The number of anilines is 1. The van der Waals surface area contributed by atoms with Crippen molar-refractivity contribution in [3.63, 3.8) is 0 Å². The van der Waals surface area contributed by atoms with Gasteiger partial charge in [-0.25, -0.2) is 9.37 Å². The Morgan fingerprint density at radius 3 is 2.61 bits per heavy atom. The van der Waals surface area contributed by atoms with Crippen molar-refractivity contribution in [2.24, 2.45) is 10.8 Å². The van der Waals surface area contributed by atoms with Gasteiger partial charge < -0.3 is 25.0 Å². The van der Waals surface area contributed by atoms with E-state index in [1.165, 1.54) is 18.5 Å². The number of aromatic amines is 1. The summed E-state index contributed by atoms with van der Waals surface area (Å²) in [5.41, 5.74) is 0.580. The van der Waals surface area contributed by atoms with Gasteiger partial charge in [0.15, 0.2) is 5.69 Å². The number of nitrogens with one attached hydrogen (secondary N) is 2. The number of likely N-dealkylation sites (tertiary alicyclic amines) is 2. The monoisotopic (exact) mass is 542 g/mol.